The smallest absolute Gasteiger partial charge is 0.205 e. The van der Waals surface area contributed by atoms with E-state index >= 15 is 0 Å². The van der Waals surface area contributed by atoms with Crippen molar-refractivity contribution in [1.82, 2.24) is 15.1 Å². The molecule has 6 heteroatoms. The van der Waals surface area contributed by atoms with E-state index in [1.165, 1.54) is 4.88 Å². The molecular formula is C13H20N4S2. The van der Waals surface area contributed by atoms with Gasteiger partial charge >= 0.3 is 0 Å². The fourth-order valence-corrected chi connectivity index (χ4v) is 3.39. The van der Waals surface area contributed by atoms with Crippen LogP contribution in [0.4, 0.5) is 5.13 Å². The summed E-state index contributed by atoms with van der Waals surface area (Å²) in [4.78, 5) is 3.69. The van der Waals surface area contributed by atoms with E-state index in [1.807, 2.05) is 0 Å². The van der Waals surface area contributed by atoms with Crippen LogP contribution in [0.5, 0.6) is 0 Å². The van der Waals surface area contributed by atoms with Crippen LogP contribution in [0.3, 0.4) is 0 Å². The normalized spacial score (nSPS) is 12.8. The Hall–Kier alpha value is -0.980. The van der Waals surface area contributed by atoms with Gasteiger partial charge in [-0.3, -0.25) is 4.90 Å². The van der Waals surface area contributed by atoms with Gasteiger partial charge in [-0.15, -0.1) is 21.5 Å². The van der Waals surface area contributed by atoms with Crippen LogP contribution in [-0.4, -0.2) is 28.7 Å². The van der Waals surface area contributed by atoms with Crippen molar-refractivity contribution in [3.05, 3.63) is 27.4 Å². The Bertz CT molecular complexity index is 481. The first-order valence-corrected chi connectivity index (χ1v) is 8.20. The molecule has 1 N–H and O–H groups in total. The Morgan fingerprint density at radius 2 is 2.26 bits per heavy atom. The highest BCUT2D eigenvalue weighted by Gasteiger charge is 2.14. The predicted molar refractivity (Wildman–Crippen MR) is 82.9 cm³/mol. The molecule has 1 atom stereocenters. The van der Waals surface area contributed by atoms with E-state index in [0.717, 1.165) is 29.6 Å². The number of nitrogens with zero attached hydrogens (tertiary/aromatic N) is 3. The number of hydrogen-bond donors (Lipinski definition) is 1. The molecule has 0 spiro atoms. The van der Waals surface area contributed by atoms with E-state index in [4.69, 9.17) is 0 Å². The molecule has 19 heavy (non-hydrogen) atoms. The number of aromatic nitrogens is 2. The van der Waals surface area contributed by atoms with Gasteiger partial charge in [-0.05, 0) is 31.8 Å². The molecule has 2 rings (SSSR count). The maximum atomic E-state index is 4.24. The van der Waals surface area contributed by atoms with Crippen molar-refractivity contribution in [3.63, 3.8) is 0 Å². The number of thiophene rings is 1. The number of anilines is 1. The van der Waals surface area contributed by atoms with Crippen LogP contribution in [0.2, 0.25) is 0 Å². The van der Waals surface area contributed by atoms with Gasteiger partial charge in [0.05, 0.1) is 6.54 Å². The van der Waals surface area contributed by atoms with Gasteiger partial charge in [-0.25, -0.2) is 0 Å². The summed E-state index contributed by atoms with van der Waals surface area (Å²) in [5.74, 6) is 0. The van der Waals surface area contributed by atoms with Crippen LogP contribution in [0.15, 0.2) is 17.5 Å². The third-order valence-corrected chi connectivity index (χ3v) is 4.90. The minimum atomic E-state index is 0.413. The Morgan fingerprint density at radius 1 is 1.42 bits per heavy atom. The zero-order valence-electron chi connectivity index (χ0n) is 11.6. The van der Waals surface area contributed by atoms with Gasteiger partial charge in [0, 0.05) is 17.5 Å². The summed E-state index contributed by atoms with van der Waals surface area (Å²) in [6, 6.07) is 4.69. The van der Waals surface area contributed by atoms with E-state index in [0.29, 0.717) is 6.04 Å². The second kappa shape index (κ2) is 6.98. The molecule has 0 fully saturated rings. The largest absolute Gasteiger partial charge is 0.360 e. The lowest BCUT2D eigenvalue weighted by atomic mass is 10.2. The van der Waals surface area contributed by atoms with Gasteiger partial charge in [0.2, 0.25) is 5.13 Å². The zero-order chi connectivity index (χ0) is 13.7. The molecule has 2 heterocycles. The lowest BCUT2D eigenvalue weighted by Crippen LogP contribution is -2.21. The van der Waals surface area contributed by atoms with E-state index in [9.17, 15) is 0 Å². The van der Waals surface area contributed by atoms with Gasteiger partial charge in [-0.2, -0.15) is 0 Å². The zero-order valence-corrected chi connectivity index (χ0v) is 13.2. The molecule has 0 saturated heterocycles. The SMILES string of the molecule is CCCNc1nnc(CN(C)C(C)c2cccs2)s1. The van der Waals surface area contributed by atoms with Crippen LogP contribution in [0.1, 0.15) is 36.2 Å². The topological polar surface area (TPSA) is 41.1 Å². The van der Waals surface area contributed by atoms with Crippen molar-refractivity contribution in [3.8, 4) is 0 Å². The van der Waals surface area contributed by atoms with E-state index in [2.05, 4.69) is 58.8 Å². The standard InChI is InChI=1S/C13H20N4S2/c1-4-7-14-13-16-15-12(19-13)9-17(3)10(2)11-6-5-8-18-11/h5-6,8,10H,4,7,9H2,1-3H3,(H,14,16). The minimum Gasteiger partial charge on any atom is -0.360 e. The predicted octanol–water partition coefficient (Wildman–Crippen LogP) is 3.61. The van der Waals surface area contributed by atoms with Gasteiger partial charge < -0.3 is 5.32 Å². The molecule has 0 radical (unpaired) electrons. The van der Waals surface area contributed by atoms with Crippen molar-refractivity contribution in [2.45, 2.75) is 32.9 Å². The summed E-state index contributed by atoms with van der Waals surface area (Å²) in [6.07, 6.45) is 1.10. The van der Waals surface area contributed by atoms with Gasteiger partial charge in [0.15, 0.2) is 0 Å². The molecule has 0 bridgehead atoms. The second-order valence-electron chi connectivity index (χ2n) is 4.53. The van der Waals surface area contributed by atoms with Crippen molar-refractivity contribution < 1.29 is 0 Å². The maximum Gasteiger partial charge on any atom is 0.205 e. The van der Waals surface area contributed by atoms with Crippen molar-refractivity contribution in [2.24, 2.45) is 0 Å². The minimum absolute atomic E-state index is 0.413. The molecule has 4 nitrogen and oxygen atoms in total. The average molecular weight is 296 g/mol. The number of nitrogens with one attached hydrogen (secondary N) is 1. The molecule has 2 aromatic heterocycles. The molecule has 104 valence electrons. The second-order valence-corrected chi connectivity index (χ2v) is 6.58. The lowest BCUT2D eigenvalue weighted by molar-refractivity contribution is 0.255. The number of hydrogen-bond acceptors (Lipinski definition) is 6. The van der Waals surface area contributed by atoms with Crippen LogP contribution < -0.4 is 5.32 Å². The molecule has 0 aliphatic carbocycles. The van der Waals surface area contributed by atoms with E-state index in [1.54, 1.807) is 22.7 Å². The Labute approximate surface area is 122 Å². The average Bonchev–Trinajstić information content (AvgIpc) is 3.06. The lowest BCUT2D eigenvalue weighted by Gasteiger charge is -2.22. The molecular weight excluding hydrogens is 276 g/mol. The molecule has 0 amide bonds. The van der Waals surface area contributed by atoms with Crippen LogP contribution in [0.25, 0.3) is 0 Å². The summed E-state index contributed by atoms with van der Waals surface area (Å²) >= 11 is 3.44. The summed E-state index contributed by atoms with van der Waals surface area (Å²) in [5, 5.41) is 15.8. The Balaban J connectivity index is 1.91. The Morgan fingerprint density at radius 3 is 2.95 bits per heavy atom. The van der Waals surface area contributed by atoms with Gasteiger partial charge in [0.25, 0.3) is 0 Å². The van der Waals surface area contributed by atoms with Crippen molar-refractivity contribution in [1.29, 1.82) is 0 Å². The maximum absolute atomic E-state index is 4.24. The molecule has 0 aromatic carbocycles. The first kappa shape index (κ1) is 14.4. The van der Waals surface area contributed by atoms with E-state index in [-0.39, 0.29) is 0 Å². The fourth-order valence-electron chi connectivity index (χ4n) is 1.72. The number of rotatable bonds is 7. The monoisotopic (exact) mass is 296 g/mol. The summed E-state index contributed by atoms with van der Waals surface area (Å²) < 4.78 is 0. The first-order chi connectivity index (χ1) is 9.20. The highest BCUT2D eigenvalue weighted by molar-refractivity contribution is 7.15. The highest BCUT2D eigenvalue weighted by Crippen LogP contribution is 2.25. The van der Waals surface area contributed by atoms with Crippen LogP contribution in [-0.2, 0) is 6.54 Å². The highest BCUT2D eigenvalue weighted by atomic mass is 32.1. The third-order valence-electron chi connectivity index (χ3n) is 2.99. The molecule has 0 aliphatic rings. The molecule has 0 saturated carbocycles. The summed E-state index contributed by atoms with van der Waals surface area (Å²) in [6.45, 7) is 6.16. The van der Waals surface area contributed by atoms with Crippen molar-refractivity contribution in [2.75, 3.05) is 18.9 Å². The van der Waals surface area contributed by atoms with Crippen LogP contribution in [0, 0.1) is 0 Å². The van der Waals surface area contributed by atoms with Crippen molar-refractivity contribution >= 4 is 27.8 Å². The molecule has 1 unspecified atom stereocenters. The van der Waals surface area contributed by atoms with E-state index < -0.39 is 0 Å². The van der Waals surface area contributed by atoms with Gasteiger partial charge in [0.1, 0.15) is 5.01 Å². The summed E-state index contributed by atoms with van der Waals surface area (Å²) in [5.41, 5.74) is 0. The quantitative estimate of drug-likeness (QED) is 0.847. The van der Waals surface area contributed by atoms with Crippen LogP contribution >= 0.6 is 22.7 Å². The fraction of sp³-hybridized carbons (Fsp3) is 0.538. The summed E-state index contributed by atoms with van der Waals surface area (Å²) in [7, 11) is 2.13. The molecule has 2 aromatic rings. The molecule has 0 aliphatic heterocycles. The third kappa shape index (κ3) is 3.99. The first-order valence-electron chi connectivity index (χ1n) is 6.50. The Kier molecular flexibility index (Phi) is 5.30. The van der Waals surface area contributed by atoms with Gasteiger partial charge in [-0.1, -0.05) is 24.3 Å².